The van der Waals surface area contributed by atoms with Gasteiger partial charge in [0.1, 0.15) is 5.75 Å². The molecule has 0 unspecified atom stereocenters. The number of hydrazone groups is 1. The van der Waals surface area contributed by atoms with E-state index in [0.29, 0.717) is 18.0 Å². The SMILES string of the molecule is Cc1ccc(SCC(=O)N/N=C\c2ccc(OCC(=O)NC[C@@H]3CCCO3)cc2)cc1. The zero-order valence-corrected chi connectivity index (χ0v) is 18.3. The summed E-state index contributed by atoms with van der Waals surface area (Å²) in [6.07, 6.45) is 3.70. The van der Waals surface area contributed by atoms with Gasteiger partial charge >= 0.3 is 0 Å². The van der Waals surface area contributed by atoms with Gasteiger partial charge in [-0.3, -0.25) is 9.59 Å². The summed E-state index contributed by atoms with van der Waals surface area (Å²) in [7, 11) is 0. The maximum Gasteiger partial charge on any atom is 0.258 e. The van der Waals surface area contributed by atoms with Crippen molar-refractivity contribution in [2.45, 2.75) is 30.8 Å². The van der Waals surface area contributed by atoms with Crippen molar-refractivity contribution in [3.8, 4) is 5.75 Å². The van der Waals surface area contributed by atoms with Gasteiger partial charge in [0.2, 0.25) is 5.91 Å². The van der Waals surface area contributed by atoms with E-state index in [1.165, 1.54) is 17.3 Å². The minimum Gasteiger partial charge on any atom is -0.484 e. The third-order valence-corrected chi connectivity index (χ3v) is 5.61. The van der Waals surface area contributed by atoms with Gasteiger partial charge in [-0.05, 0) is 61.7 Å². The van der Waals surface area contributed by atoms with Gasteiger partial charge < -0.3 is 14.8 Å². The van der Waals surface area contributed by atoms with Gasteiger partial charge in [0.15, 0.2) is 6.61 Å². The van der Waals surface area contributed by atoms with Crippen molar-refractivity contribution in [3.63, 3.8) is 0 Å². The third-order valence-electron chi connectivity index (χ3n) is 4.59. The molecule has 0 spiro atoms. The van der Waals surface area contributed by atoms with Crippen LogP contribution >= 0.6 is 11.8 Å². The molecule has 1 saturated heterocycles. The second-order valence-corrected chi connectivity index (χ2v) is 8.24. The first-order chi connectivity index (χ1) is 15.1. The molecule has 0 aliphatic carbocycles. The molecule has 1 atom stereocenters. The number of aryl methyl sites for hydroxylation is 1. The van der Waals surface area contributed by atoms with Gasteiger partial charge in [-0.2, -0.15) is 5.10 Å². The molecule has 3 rings (SSSR count). The first kappa shape index (κ1) is 22.8. The Bertz CT molecular complexity index is 879. The summed E-state index contributed by atoms with van der Waals surface area (Å²) in [5.41, 5.74) is 4.51. The highest BCUT2D eigenvalue weighted by molar-refractivity contribution is 8.00. The zero-order chi connectivity index (χ0) is 21.9. The Morgan fingerprint density at radius 1 is 1.16 bits per heavy atom. The van der Waals surface area contributed by atoms with Crippen LogP contribution in [0, 0.1) is 6.92 Å². The quantitative estimate of drug-likeness (QED) is 0.336. The summed E-state index contributed by atoms with van der Waals surface area (Å²) in [4.78, 5) is 24.8. The van der Waals surface area contributed by atoms with Crippen molar-refractivity contribution >= 4 is 29.8 Å². The molecular weight excluding hydrogens is 414 g/mol. The van der Waals surface area contributed by atoms with E-state index in [1.807, 2.05) is 31.2 Å². The lowest BCUT2D eigenvalue weighted by Gasteiger charge is -2.11. The molecule has 1 aliphatic heterocycles. The summed E-state index contributed by atoms with van der Waals surface area (Å²) in [6, 6.07) is 15.1. The second kappa shape index (κ2) is 12.1. The van der Waals surface area contributed by atoms with Crippen molar-refractivity contribution in [1.82, 2.24) is 10.7 Å². The van der Waals surface area contributed by atoms with E-state index in [1.54, 1.807) is 30.5 Å². The van der Waals surface area contributed by atoms with Crippen molar-refractivity contribution in [2.24, 2.45) is 5.10 Å². The molecule has 1 aliphatic rings. The molecule has 31 heavy (non-hydrogen) atoms. The van der Waals surface area contributed by atoms with Gasteiger partial charge in [0.25, 0.3) is 5.91 Å². The number of hydrogen-bond acceptors (Lipinski definition) is 6. The molecule has 2 aromatic carbocycles. The first-order valence-corrected chi connectivity index (χ1v) is 11.2. The van der Waals surface area contributed by atoms with E-state index in [0.717, 1.165) is 29.9 Å². The lowest BCUT2D eigenvalue weighted by atomic mass is 10.2. The Morgan fingerprint density at radius 3 is 2.65 bits per heavy atom. The fraction of sp³-hybridized carbons (Fsp3) is 0.348. The Hall–Kier alpha value is -2.84. The van der Waals surface area contributed by atoms with Crippen LogP contribution < -0.4 is 15.5 Å². The summed E-state index contributed by atoms with van der Waals surface area (Å²) < 4.78 is 11.0. The smallest absolute Gasteiger partial charge is 0.258 e. The number of thioether (sulfide) groups is 1. The van der Waals surface area contributed by atoms with Crippen LogP contribution in [-0.2, 0) is 14.3 Å². The molecule has 2 N–H and O–H groups in total. The van der Waals surface area contributed by atoms with Crippen LogP contribution in [0.3, 0.4) is 0 Å². The summed E-state index contributed by atoms with van der Waals surface area (Å²) in [6.45, 7) is 3.27. The standard InChI is InChI=1S/C23H27N3O4S/c1-17-4-10-21(11-5-17)31-16-23(28)26-25-13-18-6-8-19(9-7-18)30-15-22(27)24-14-20-3-2-12-29-20/h4-11,13,20H,2-3,12,14-16H2,1H3,(H,24,27)(H,26,28)/b25-13-/t20-/m0/s1. The number of nitrogens with zero attached hydrogens (tertiary/aromatic N) is 1. The second-order valence-electron chi connectivity index (χ2n) is 7.19. The molecule has 164 valence electrons. The Labute approximate surface area is 186 Å². The highest BCUT2D eigenvalue weighted by atomic mass is 32.2. The first-order valence-electron chi connectivity index (χ1n) is 10.2. The monoisotopic (exact) mass is 441 g/mol. The van der Waals surface area contributed by atoms with Crippen molar-refractivity contribution < 1.29 is 19.1 Å². The molecule has 1 heterocycles. The fourth-order valence-electron chi connectivity index (χ4n) is 2.88. The predicted molar refractivity (Wildman–Crippen MR) is 122 cm³/mol. The number of ether oxygens (including phenoxy) is 2. The third kappa shape index (κ3) is 8.43. The lowest BCUT2D eigenvalue weighted by Crippen LogP contribution is -2.35. The van der Waals surface area contributed by atoms with Gasteiger partial charge in [0, 0.05) is 18.0 Å². The molecular formula is C23H27N3O4S. The maximum atomic E-state index is 11.9. The largest absolute Gasteiger partial charge is 0.484 e. The lowest BCUT2D eigenvalue weighted by molar-refractivity contribution is -0.123. The summed E-state index contributed by atoms with van der Waals surface area (Å²) in [5.74, 6) is 0.536. The van der Waals surface area contributed by atoms with Crippen LogP contribution in [0.5, 0.6) is 5.75 Å². The van der Waals surface area contributed by atoms with Crippen LogP contribution in [-0.4, -0.2) is 49.6 Å². The number of carbonyl (C=O) groups excluding carboxylic acids is 2. The molecule has 7 nitrogen and oxygen atoms in total. The van der Waals surface area contributed by atoms with Gasteiger partial charge in [-0.15, -0.1) is 11.8 Å². The number of amides is 2. The summed E-state index contributed by atoms with van der Waals surface area (Å²) >= 11 is 1.46. The Balaban J connectivity index is 1.33. The van der Waals surface area contributed by atoms with Crippen molar-refractivity contribution in [1.29, 1.82) is 0 Å². The van der Waals surface area contributed by atoms with Crippen LogP contribution in [0.4, 0.5) is 0 Å². The Kier molecular flexibility index (Phi) is 8.93. The van der Waals surface area contributed by atoms with Gasteiger partial charge in [-0.25, -0.2) is 5.43 Å². The van der Waals surface area contributed by atoms with Crippen LogP contribution in [0.15, 0.2) is 58.5 Å². The molecule has 2 amide bonds. The molecule has 2 aromatic rings. The molecule has 0 bridgehead atoms. The van der Waals surface area contributed by atoms with Crippen molar-refractivity contribution in [3.05, 3.63) is 59.7 Å². The van der Waals surface area contributed by atoms with E-state index in [9.17, 15) is 9.59 Å². The molecule has 0 saturated carbocycles. The number of rotatable bonds is 10. The van der Waals surface area contributed by atoms with Crippen molar-refractivity contribution in [2.75, 3.05) is 25.5 Å². The normalized spacial score (nSPS) is 15.7. The molecule has 1 fully saturated rings. The molecule has 0 radical (unpaired) electrons. The van der Waals surface area contributed by atoms with E-state index in [4.69, 9.17) is 9.47 Å². The topological polar surface area (TPSA) is 89.0 Å². The highest BCUT2D eigenvalue weighted by Gasteiger charge is 2.16. The van der Waals surface area contributed by atoms with Gasteiger partial charge in [-0.1, -0.05) is 17.7 Å². The van der Waals surface area contributed by atoms with Crippen LogP contribution in [0.2, 0.25) is 0 Å². The summed E-state index contributed by atoms with van der Waals surface area (Å²) in [5, 5.41) is 6.79. The zero-order valence-electron chi connectivity index (χ0n) is 17.5. The number of benzene rings is 2. The fourth-order valence-corrected chi connectivity index (χ4v) is 3.57. The van der Waals surface area contributed by atoms with E-state index >= 15 is 0 Å². The van der Waals surface area contributed by atoms with E-state index in [2.05, 4.69) is 15.8 Å². The Morgan fingerprint density at radius 2 is 1.94 bits per heavy atom. The number of nitrogens with one attached hydrogen (secondary N) is 2. The minimum atomic E-state index is -0.174. The van der Waals surface area contributed by atoms with Crippen LogP contribution in [0.25, 0.3) is 0 Å². The minimum absolute atomic E-state index is 0.0468. The highest BCUT2D eigenvalue weighted by Crippen LogP contribution is 2.17. The average Bonchev–Trinajstić information content (AvgIpc) is 3.30. The van der Waals surface area contributed by atoms with E-state index in [-0.39, 0.29) is 24.5 Å². The maximum absolute atomic E-state index is 11.9. The van der Waals surface area contributed by atoms with E-state index < -0.39 is 0 Å². The average molecular weight is 442 g/mol. The molecule has 0 aromatic heterocycles. The van der Waals surface area contributed by atoms with Gasteiger partial charge in [0.05, 0.1) is 18.1 Å². The number of hydrogen-bond donors (Lipinski definition) is 2. The number of carbonyl (C=O) groups is 2. The predicted octanol–water partition coefficient (Wildman–Crippen LogP) is 2.91. The van der Waals surface area contributed by atoms with Crippen LogP contribution in [0.1, 0.15) is 24.0 Å². The molecule has 8 heteroatoms.